The van der Waals surface area contributed by atoms with Crippen LogP contribution in [0.1, 0.15) is 24.5 Å². The normalized spacial score (nSPS) is 17.5. The zero-order valence-electron chi connectivity index (χ0n) is 12.3. The van der Waals surface area contributed by atoms with Crippen molar-refractivity contribution in [2.45, 2.75) is 33.0 Å². The number of hydrogen-bond acceptors (Lipinski definition) is 6. The van der Waals surface area contributed by atoms with Crippen LogP contribution in [-0.4, -0.2) is 50.6 Å². The lowest BCUT2D eigenvalue weighted by molar-refractivity contribution is 0.0337. The molecule has 0 unspecified atom stereocenters. The number of nitrogens with zero attached hydrogens (tertiary/aromatic N) is 2. The second-order valence-electron chi connectivity index (χ2n) is 5.22. The molecule has 120 valence electrons. The lowest BCUT2D eigenvalue weighted by Crippen LogP contribution is -2.39. The fourth-order valence-corrected chi connectivity index (χ4v) is 3.85. The van der Waals surface area contributed by atoms with Gasteiger partial charge in [0, 0.05) is 31.1 Å². The summed E-state index contributed by atoms with van der Waals surface area (Å²) in [7, 11) is -3.46. The zero-order chi connectivity index (χ0) is 15.3. The van der Waals surface area contributed by atoms with Crippen LogP contribution in [0.4, 0.5) is 0 Å². The molecule has 9 heteroatoms. The van der Waals surface area contributed by atoms with Gasteiger partial charge in [-0.05, 0) is 13.8 Å². The van der Waals surface area contributed by atoms with E-state index in [0.717, 1.165) is 43.5 Å². The van der Waals surface area contributed by atoms with E-state index in [1.807, 2.05) is 5.38 Å². The van der Waals surface area contributed by atoms with Crippen molar-refractivity contribution in [3.8, 4) is 0 Å². The largest absolute Gasteiger partial charge is 0.379 e. The monoisotopic (exact) mass is 334 g/mol. The molecule has 0 atom stereocenters. The molecule has 1 aromatic heterocycles. The average Bonchev–Trinajstić information content (AvgIpc) is 2.84. The van der Waals surface area contributed by atoms with Crippen LogP contribution in [0, 0.1) is 0 Å². The van der Waals surface area contributed by atoms with Gasteiger partial charge in [0.05, 0.1) is 25.5 Å². The minimum absolute atomic E-state index is 0.129. The number of morpholine rings is 1. The van der Waals surface area contributed by atoms with E-state index in [1.54, 1.807) is 13.8 Å². The highest BCUT2D eigenvalue weighted by atomic mass is 32.2. The highest BCUT2D eigenvalue weighted by Gasteiger charge is 2.14. The molecule has 0 aliphatic carbocycles. The van der Waals surface area contributed by atoms with E-state index in [9.17, 15) is 8.42 Å². The van der Waals surface area contributed by atoms with Gasteiger partial charge in [-0.3, -0.25) is 4.90 Å². The van der Waals surface area contributed by atoms with Gasteiger partial charge in [-0.1, -0.05) is 0 Å². The molecule has 0 bridgehead atoms. The minimum atomic E-state index is -3.46. The van der Waals surface area contributed by atoms with E-state index in [2.05, 4.69) is 19.3 Å². The van der Waals surface area contributed by atoms with Crippen molar-refractivity contribution < 1.29 is 13.2 Å². The van der Waals surface area contributed by atoms with Gasteiger partial charge in [0.2, 0.25) is 0 Å². The Kier molecular flexibility index (Phi) is 6.08. The van der Waals surface area contributed by atoms with Gasteiger partial charge >= 0.3 is 0 Å². The lowest BCUT2D eigenvalue weighted by atomic mass is 10.3. The number of hydrogen-bond donors (Lipinski definition) is 2. The number of ether oxygens (including phenoxy) is 1. The predicted octanol–water partition coefficient (Wildman–Crippen LogP) is 0.308. The Balaban J connectivity index is 1.82. The van der Waals surface area contributed by atoms with Crippen LogP contribution < -0.4 is 9.44 Å². The first kappa shape index (κ1) is 16.8. The zero-order valence-corrected chi connectivity index (χ0v) is 14.0. The standard InChI is InChI=1S/C12H22N4O3S2/c1-10(2)15-21(17,18)13-7-12-14-11(9-20-12)8-16-3-5-19-6-4-16/h9-10,13,15H,3-8H2,1-2H3. The van der Waals surface area contributed by atoms with E-state index < -0.39 is 10.2 Å². The molecule has 1 aliphatic rings. The van der Waals surface area contributed by atoms with Gasteiger partial charge in [0.15, 0.2) is 0 Å². The van der Waals surface area contributed by atoms with Crippen molar-refractivity contribution in [1.29, 1.82) is 0 Å². The quantitative estimate of drug-likeness (QED) is 0.750. The Hall–Kier alpha value is -0.580. The molecule has 1 fully saturated rings. The molecule has 1 aliphatic heterocycles. The highest BCUT2D eigenvalue weighted by Crippen LogP contribution is 2.12. The van der Waals surface area contributed by atoms with Gasteiger partial charge in [0.1, 0.15) is 5.01 Å². The second-order valence-corrected chi connectivity index (χ2v) is 7.69. The molecule has 2 heterocycles. The third kappa shape index (κ3) is 5.97. The van der Waals surface area contributed by atoms with Crippen LogP contribution in [0.5, 0.6) is 0 Å². The van der Waals surface area contributed by atoms with Gasteiger partial charge in [-0.2, -0.15) is 17.9 Å². The van der Waals surface area contributed by atoms with E-state index in [-0.39, 0.29) is 12.6 Å². The van der Waals surface area contributed by atoms with Crippen molar-refractivity contribution in [3.05, 3.63) is 16.1 Å². The van der Waals surface area contributed by atoms with Crippen molar-refractivity contribution in [2.24, 2.45) is 0 Å². The number of nitrogens with one attached hydrogen (secondary N) is 2. The van der Waals surface area contributed by atoms with Crippen molar-refractivity contribution in [1.82, 2.24) is 19.3 Å². The van der Waals surface area contributed by atoms with Crippen molar-refractivity contribution >= 4 is 21.5 Å². The molecule has 0 saturated carbocycles. The molecule has 7 nitrogen and oxygen atoms in total. The smallest absolute Gasteiger partial charge is 0.277 e. The topological polar surface area (TPSA) is 83.6 Å². The molecular weight excluding hydrogens is 312 g/mol. The summed E-state index contributed by atoms with van der Waals surface area (Å²) in [5.74, 6) is 0. The molecule has 0 spiro atoms. The Morgan fingerprint density at radius 1 is 1.43 bits per heavy atom. The first-order valence-electron chi connectivity index (χ1n) is 6.95. The summed E-state index contributed by atoms with van der Waals surface area (Å²) in [6.45, 7) is 7.92. The van der Waals surface area contributed by atoms with E-state index >= 15 is 0 Å². The van der Waals surface area contributed by atoms with E-state index in [1.165, 1.54) is 11.3 Å². The van der Waals surface area contributed by atoms with Crippen molar-refractivity contribution in [2.75, 3.05) is 26.3 Å². The fourth-order valence-electron chi connectivity index (χ4n) is 2.00. The molecule has 2 N–H and O–H groups in total. The number of aromatic nitrogens is 1. The van der Waals surface area contributed by atoms with Crippen LogP contribution in [0.25, 0.3) is 0 Å². The summed E-state index contributed by atoms with van der Waals surface area (Å²) < 4.78 is 33.6. The Bertz CT molecular complexity index is 538. The molecule has 0 radical (unpaired) electrons. The maximum Gasteiger partial charge on any atom is 0.277 e. The first-order chi connectivity index (χ1) is 9.94. The summed E-state index contributed by atoms with van der Waals surface area (Å²) in [4.78, 5) is 6.75. The summed E-state index contributed by atoms with van der Waals surface area (Å²) in [5, 5.41) is 2.75. The Morgan fingerprint density at radius 2 is 2.14 bits per heavy atom. The number of thiazole rings is 1. The second kappa shape index (κ2) is 7.61. The third-order valence-electron chi connectivity index (χ3n) is 2.89. The maximum atomic E-state index is 11.7. The molecule has 0 amide bonds. The van der Waals surface area contributed by atoms with Gasteiger partial charge in [-0.25, -0.2) is 4.98 Å². The molecule has 1 aromatic rings. The average molecular weight is 334 g/mol. The van der Waals surface area contributed by atoms with Crippen LogP contribution in [-0.2, 0) is 28.0 Å². The fraction of sp³-hybridized carbons (Fsp3) is 0.750. The van der Waals surface area contributed by atoms with Gasteiger partial charge in [-0.15, -0.1) is 11.3 Å². The highest BCUT2D eigenvalue weighted by molar-refractivity contribution is 7.87. The molecule has 1 saturated heterocycles. The van der Waals surface area contributed by atoms with Crippen LogP contribution >= 0.6 is 11.3 Å². The van der Waals surface area contributed by atoms with Gasteiger partial charge < -0.3 is 4.74 Å². The molecule has 0 aromatic carbocycles. The number of rotatable bonds is 7. The SMILES string of the molecule is CC(C)NS(=O)(=O)NCc1nc(CN2CCOCC2)cs1. The predicted molar refractivity (Wildman–Crippen MR) is 82.2 cm³/mol. The van der Waals surface area contributed by atoms with Crippen LogP contribution in [0.2, 0.25) is 0 Å². The van der Waals surface area contributed by atoms with Crippen LogP contribution in [0.15, 0.2) is 5.38 Å². The Labute approximate surface area is 129 Å². The minimum Gasteiger partial charge on any atom is -0.379 e. The van der Waals surface area contributed by atoms with E-state index in [4.69, 9.17) is 4.74 Å². The molecule has 21 heavy (non-hydrogen) atoms. The summed E-state index contributed by atoms with van der Waals surface area (Å²) in [6, 6.07) is -0.129. The van der Waals surface area contributed by atoms with Crippen molar-refractivity contribution in [3.63, 3.8) is 0 Å². The molecule has 2 rings (SSSR count). The first-order valence-corrected chi connectivity index (χ1v) is 9.31. The van der Waals surface area contributed by atoms with E-state index in [0.29, 0.717) is 0 Å². The summed E-state index contributed by atoms with van der Waals surface area (Å²) >= 11 is 1.47. The van der Waals surface area contributed by atoms with Gasteiger partial charge in [0.25, 0.3) is 10.2 Å². The lowest BCUT2D eigenvalue weighted by Gasteiger charge is -2.25. The van der Waals surface area contributed by atoms with Crippen LogP contribution in [0.3, 0.4) is 0 Å². The Morgan fingerprint density at radius 3 is 2.81 bits per heavy atom. The summed E-state index contributed by atoms with van der Waals surface area (Å²) in [5.41, 5.74) is 0.980. The maximum absolute atomic E-state index is 11.7. The third-order valence-corrected chi connectivity index (χ3v) is 5.10. The molecular formula is C12H22N4O3S2. The summed E-state index contributed by atoms with van der Waals surface area (Å²) in [6.07, 6.45) is 0.